The van der Waals surface area contributed by atoms with Crippen LogP contribution in [0.2, 0.25) is 0 Å². The lowest BCUT2D eigenvalue weighted by Crippen LogP contribution is -1.88. The van der Waals surface area contributed by atoms with E-state index in [0.29, 0.717) is 6.61 Å². The predicted molar refractivity (Wildman–Crippen MR) is 40.4 cm³/mol. The van der Waals surface area contributed by atoms with Crippen LogP contribution in [0.25, 0.3) is 0 Å². The average molecular weight is 156 g/mol. The van der Waals surface area contributed by atoms with Crippen LogP contribution in [0.15, 0.2) is 10.8 Å². The van der Waals surface area contributed by atoms with Crippen LogP contribution < -0.4 is 0 Å². The van der Waals surface area contributed by atoms with Gasteiger partial charge in [-0.25, -0.2) is 0 Å². The summed E-state index contributed by atoms with van der Waals surface area (Å²) in [6.45, 7) is 0.525. The number of aldehydes is 1. The first-order valence-corrected chi connectivity index (χ1v) is 3.82. The van der Waals surface area contributed by atoms with E-state index in [9.17, 15) is 4.79 Å². The molecule has 0 aliphatic rings. The summed E-state index contributed by atoms with van der Waals surface area (Å²) in [5, 5.41) is 3.74. The molecule has 0 bridgehead atoms. The topological polar surface area (TPSA) is 26.3 Å². The Labute approximate surface area is 63.4 Å². The fraction of sp³-hybridized carbons (Fsp3) is 0.286. The Morgan fingerprint density at radius 2 is 2.50 bits per heavy atom. The van der Waals surface area contributed by atoms with Gasteiger partial charge in [-0.05, 0) is 10.9 Å². The van der Waals surface area contributed by atoms with E-state index in [1.54, 1.807) is 7.11 Å². The predicted octanol–water partition coefficient (Wildman–Crippen LogP) is 1.71. The van der Waals surface area contributed by atoms with Gasteiger partial charge >= 0.3 is 0 Å². The van der Waals surface area contributed by atoms with Crippen LogP contribution in [0.1, 0.15) is 15.9 Å². The Hall–Kier alpha value is -0.670. The molecule has 1 heterocycles. The van der Waals surface area contributed by atoms with Crippen molar-refractivity contribution in [3.8, 4) is 0 Å². The largest absolute Gasteiger partial charge is 0.380 e. The first-order chi connectivity index (χ1) is 4.88. The molecule has 0 N–H and O–H groups in total. The highest BCUT2D eigenvalue weighted by atomic mass is 32.1. The third kappa shape index (κ3) is 1.43. The van der Waals surface area contributed by atoms with Gasteiger partial charge in [-0.15, -0.1) is 0 Å². The second kappa shape index (κ2) is 3.49. The molecule has 0 aliphatic carbocycles. The third-order valence-electron chi connectivity index (χ3n) is 1.20. The number of rotatable bonds is 3. The van der Waals surface area contributed by atoms with Crippen molar-refractivity contribution in [1.29, 1.82) is 0 Å². The minimum atomic E-state index is 0.525. The quantitative estimate of drug-likeness (QED) is 0.623. The number of hydrogen-bond donors (Lipinski definition) is 0. The maximum atomic E-state index is 10.3. The summed E-state index contributed by atoms with van der Waals surface area (Å²) in [5.41, 5.74) is 1.72. The molecule has 0 saturated heterocycles. The molecule has 0 fully saturated rings. The second-order valence-corrected chi connectivity index (χ2v) is 2.65. The number of thiophene rings is 1. The molecule has 1 aromatic heterocycles. The van der Waals surface area contributed by atoms with E-state index in [1.807, 2.05) is 10.8 Å². The zero-order valence-electron chi connectivity index (χ0n) is 5.66. The molecule has 0 spiro atoms. The van der Waals surface area contributed by atoms with Gasteiger partial charge in [-0.2, -0.15) is 11.3 Å². The molecule has 1 rings (SSSR count). The molecule has 0 aromatic carbocycles. The molecule has 0 saturated carbocycles. The summed E-state index contributed by atoms with van der Waals surface area (Å²) in [7, 11) is 1.62. The molecule has 1 aromatic rings. The zero-order valence-corrected chi connectivity index (χ0v) is 6.48. The smallest absolute Gasteiger partial charge is 0.151 e. The Balaban J connectivity index is 2.79. The highest BCUT2D eigenvalue weighted by molar-refractivity contribution is 7.08. The minimum absolute atomic E-state index is 0.525. The lowest BCUT2D eigenvalue weighted by Gasteiger charge is -1.93. The fourth-order valence-electron chi connectivity index (χ4n) is 0.710. The summed E-state index contributed by atoms with van der Waals surface area (Å²) in [6, 6.07) is 0. The van der Waals surface area contributed by atoms with E-state index >= 15 is 0 Å². The molecular weight excluding hydrogens is 148 g/mol. The van der Waals surface area contributed by atoms with E-state index in [4.69, 9.17) is 4.74 Å². The minimum Gasteiger partial charge on any atom is -0.380 e. The van der Waals surface area contributed by atoms with Crippen LogP contribution in [0, 0.1) is 0 Å². The highest BCUT2D eigenvalue weighted by Crippen LogP contribution is 2.13. The molecule has 3 heteroatoms. The van der Waals surface area contributed by atoms with Gasteiger partial charge in [0.1, 0.15) is 0 Å². The van der Waals surface area contributed by atoms with Gasteiger partial charge in [0.2, 0.25) is 0 Å². The first kappa shape index (κ1) is 7.44. The number of methoxy groups -OCH3 is 1. The van der Waals surface area contributed by atoms with Crippen molar-refractivity contribution >= 4 is 17.6 Å². The van der Waals surface area contributed by atoms with Gasteiger partial charge in [-0.1, -0.05) is 0 Å². The van der Waals surface area contributed by atoms with Gasteiger partial charge in [0.15, 0.2) is 6.29 Å². The van der Waals surface area contributed by atoms with Crippen molar-refractivity contribution in [3.05, 3.63) is 21.9 Å². The van der Waals surface area contributed by atoms with Crippen LogP contribution in [-0.2, 0) is 11.3 Å². The monoisotopic (exact) mass is 156 g/mol. The van der Waals surface area contributed by atoms with Crippen LogP contribution >= 0.6 is 11.3 Å². The first-order valence-electron chi connectivity index (χ1n) is 2.87. The Morgan fingerprint density at radius 1 is 1.70 bits per heavy atom. The van der Waals surface area contributed by atoms with Crippen LogP contribution in [0.4, 0.5) is 0 Å². The Bertz CT molecular complexity index is 217. The van der Waals surface area contributed by atoms with Crippen molar-refractivity contribution in [2.45, 2.75) is 6.61 Å². The molecule has 0 aliphatic heterocycles. The van der Waals surface area contributed by atoms with Crippen LogP contribution in [-0.4, -0.2) is 13.4 Å². The molecule has 0 amide bonds. The van der Waals surface area contributed by atoms with Crippen molar-refractivity contribution < 1.29 is 9.53 Å². The van der Waals surface area contributed by atoms with Crippen LogP contribution in [0.3, 0.4) is 0 Å². The summed E-state index contributed by atoms with van der Waals surface area (Å²) in [5.74, 6) is 0. The second-order valence-electron chi connectivity index (χ2n) is 1.90. The van der Waals surface area contributed by atoms with E-state index in [0.717, 1.165) is 17.4 Å². The lowest BCUT2D eigenvalue weighted by atomic mass is 10.2. The fourth-order valence-corrected chi connectivity index (χ4v) is 1.50. The van der Waals surface area contributed by atoms with E-state index in [1.165, 1.54) is 11.3 Å². The van der Waals surface area contributed by atoms with Crippen molar-refractivity contribution in [2.24, 2.45) is 0 Å². The summed E-state index contributed by atoms with van der Waals surface area (Å²) in [6.07, 6.45) is 0.852. The van der Waals surface area contributed by atoms with Crippen molar-refractivity contribution in [1.82, 2.24) is 0 Å². The summed E-state index contributed by atoms with van der Waals surface area (Å²) in [4.78, 5) is 10.3. The van der Waals surface area contributed by atoms with Gasteiger partial charge in [0, 0.05) is 18.1 Å². The van der Waals surface area contributed by atoms with Crippen LogP contribution in [0.5, 0.6) is 0 Å². The normalized spacial score (nSPS) is 9.70. The van der Waals surface area contributed by atoms with Gasteiger partial charge in [0.05, 0.1) is 6.61 Å². The maximum absolute atomic E-state index is 10.3. The lowest BCUT2D eigenvalue weighted by molar-refractivity contribution is 0.111. The van der Waals surface area contributed by atoms with E-state index in [2.05, 4.69) is 0 Å². The Kier molecular flexibility index (Phi) is 2.59. The number of ether oxygens (including phenoxy) is 1. The molecule has 0 unspecified atom stereocenters. The summed E-state index contributed by atoms with van der Waals surface area (Å²) < 4.78 is 4.88. The summed E-state index contributed by atoms with van der Waals surface area (Å²) >= 11 is 1.52. The highest BCUT2D eigenvalue weighted by Gasteiger charge is 2.00. The standard InChI is InChI=1S/C7H8O2S/c1-9-3-7-5-10-4-6(7)2-8/h2,4-5H,3H2,1H3. The number of carbonyl (C=O) groups excluding carboxylic acids is 1. The molecule has 54 valence electrons. The molecular formula is C7H8O2S. The van der Waals surface area contributed by atoms with Gasteiger partial charge < -0.3 is 4.74 Å². The molecule has 0 radical (unpaired) electrons. The Morgan fingerprint density at radius 3 is 3.10 bits per heavy atom. The molecule has 0 atom stereocenters. The van der Waals surface area contributed by atoms with Gasteiger partial charge in [0.25, 0.3) is 0 Å². The maximum Gasteiger partial charge on any atom is 0.151 e. The number of carbonyl (C=O) groups is 1. The van der Waals surface area contributed by atoms with Crippen molar-refractivity contribution in [3.63, 3.8) is 0 Å². The SMILES string of the molecule is COCc1cscc1C=O. The van der Waals surface area contributed by atoms with Crippen molar-refractivity contribution in [2.75, 3.05) is 7.11 Å². The molecule has 10 heavy (non-hydrogen) atoms. The van der Waals surface area contributed by atoms with E-state index in [-0.39, 0.29) is 0 Å². The third-order valence-corrected chi connectivity index (χ3v) is 2.01. The number of hydrogen-bond acceptors (Lipinski definition) is 3. The van der Waals surface area contributed by atoms with E-state index < -0.39 is 0 Å². The molecule has 2 nitrogen and oxygen atoms in total. The average Bonchev–Trinajstić information content (AvgIpc) is 2.36. The zero-order chi connectivity index (χ0) is 7.40. The van der Waals surface area contributed by atoms with Gasteiger partial charge in [-0.3, -0.25) is 4.79 Å².